The van der Waals surface area contributed by atoms with E-state index in [4.69, 9.17) is 34.8 Å². The SMILES string of the molecule is CCN(CC)CC(=O)Nc1c(Cl)cc(Cl)cc1Cl. The molecule has 1 rings (SSSR count). The maximum atomic E-state index is 11.8. The van der Waals surface area contributed by atoms with Crippen LogP contribution in [0.3, 0.4) is 0 Å². The molecule has 1 aromatic rings. The molecule has 0 saturated carbocycles. The summed E-state index contributed by atoms with van der Waals surface area (Å²) in [6, 6.07) is 3.09. The Balaban J connectivity index is 2.76. The quantitative estimate of drug-likeness (QED) is 0.894. The minimum absolute atomic E-state index is 0.148. The first-order valence-electron chi connectivity index (χ1n) is 5.64. The van der Waals surface area contributed by atoms with Gasteiger partial charge in [-0.15, -0.1) is 0 Å². The molecule has 0 atom stereocenters. The summed E-state index contributed by atoms with van der Waals surface area (Å²) in [6.45, 7) is 5.93. The van der Waals surface area contributed by atoms with Gasteiger partial charge in [0.2, 0.25) is 5.91 Å². The van der Waals surface area contributed by atoms with Crippen molar-refractivity contribution in [3.63, 3.8) is 0 Å². The zero-order valence-electron chi connectivity index (χ0n) is 10.3. The van der Waals surface area contributed by atoms with E-state index in [1.54, 1.807) is 12.1 Å². The smallest absolute Gasteiger partial charge is 0.238 e. The Morgan fingerprint density at radius 1 is 1.17 bits per heavy atom. The van der Waals surface area contributed by atoms with Crippen molar-refractivity contribution in [3.05, 3.63) is 27.2 Å². The molecule has 1 amide bonds. The van der Waals surface area contributed by atoms with Gasteiger partial charge in [0.1, 0.15) is 0 Å². The molecular weight excluding hydrogens is 295 g/mol. The molecule has 18 heavy (non-hydrogen) atoms. The Kier molecular flexibility index (Phi) is 6.22. The van der Waals surface area contributed by atoms with Gasteiger partial charge in [-0.2, -0.15) is 0 Å². The number of likely N-dealkylation sites (N-methyl/N-ethyl adjacent to an activating group) is 1. The summed E-state index contributed by atoms with van der Waals surface area (Å²) in [5.41, 5.74) is 0.403. The fourth-order valence-electron chi connectivity index (χ4n) is 1.49. The highest BCUT2D eigenvalue weighted by atomic mass is 35.5. The van der Waals surface area contributed by atoms with E-state index < -0.39 is 0 Å². The third kappa shape index (κ3) is 4.32. The van der Waals surface area contributed by atoms with E-state index in [0.717, 1.165) is 13.1 Å². The predicted molar refractivity (Wildman–Crippen MR) is 77.9 cm³/mol. The lowest BCUT2D eigenvalue weighted by molar-refractivity contribution is -0.117. The number of amides is 1. The number of benzene rings is 1. The maximum Gasteiger partial charge on any atom is 0.238 e. The van der Waals surface area contributed by atoms with Crippen LogP contribution in [-0.2, 0) is 4.79 Å². The Morgan fingerprint density at radius 2 is 1.67 bits per heavy atom. The van der Waals surface area contributed by atoms with Gasteiger partial charge in [-0.1, -0.05) is 48.7 Å². The Bertz CT molecular complexity index is 410. The van der Waals surface area contributed by atoms with E-state index >= 15 is 0 Å². The number of carbonyl (C=O) groups excluding carboxylic acids is 1. The molecule has 1 N–H and O–H groups in total. The van der Waals surface area contributed by atoms with E-state index in [-0.39, 0.29) is 5.91 Å². The molecule has 1 aromatic carbocycles. The Labute approximate surface area is 122 Å². The average Bonchev–Trinajstić information content (AvgIpc) is 2.30. The molecule has 6 heteroatoms. The second-order valence-corrected chi connectivity index (χ2v) is 5.00. The zero-order chi connectivity index (χ0) is 13.7. The minimum atomic E-state index is -0.148. The van der Waals surface area contributed by atoms with Crippen molar-refractivity contribution in [1.82, 2.24) is 4.90 Å². The number of carbonyl (C=O) groups is 1. The molecule has 0 spiro atoms. The molecule has 3 nitrogen and oxygen atoms in total. The van der Waals surface area contributed by atoms with Crippen LogP contribution >= 0.6 is 34.8 Å². The Morgan fingerprint density at radius 3 is 2.11 bits per heavy atom. The number of halogens is 3. The van der Waals surface area contributed by atoms with Crippen molar-refractivity contribution in [1.29, 1.82) is 0 Å². The van der Waals surface area contributed by atoms with Gasteiger partial charge in [0, 0.05) is 5.02 Å². The van der Waals surface area contributed by atoms with Gasteiger partial charge < -0.3 is 5.32 Å². The first-order valence-corrected chi connectivity index (χ1v) is 6.78. The number of nitrogens with zero attached hydrogens (tertiary/aromatic N) is 1. The maximum absolute atomic E-state index is 11.8. The largest absolute Gasteiger partial charge is 0.322 e. The zero-order valence-corrected chi connectivity index (χ0v) is 12.5. The topological polar surface area (TPSA) is 32.3 Å². The van der Waals surface area contributed by atoms with Gasteiger partial charge in [-0.05, 0) is 25.2 Å². The average molecular weight is 310 g/mol. The second kappa shape index (κ2) is 7.19. The Hall–Kier alpha value is -0.480. The summed E-state index contributed by atoms with van der Waals surface area (Å²) >= 11 is 17.8. The summed E-state index contributed by atoms with van der Waals surface area (Å²) in [4.78, 5) is 13.8. The van der Waals surface area contributed by atoms with E-state index in [0.29, 0.717) is 27.3 Å². The second-order valence-electron chi connectivity index (χ2n) is 3.75. The van der Waals surface area contributed by atoms with Crippen molar-refractivity contribution < 1.29 is 4.79 Å². The van der Waals surface area contributed by atoms with Gasteiger partial charge in [-0.25, -0.2) is 0 Å². The standard InChI is InChI=1S/C12H15Cl3N2O/c1-3-17(4-2)7-11(18)16-12-9(14)5-8(13)6-10(12)15/h5-6H,3-4,7H2,1-2H3,(H,16,18). The van der Waals surface area contributed by atoms with Crippen LogP contribution in [-0.4, -0.2) is 30.4 Å². The molecule has 0 aromatic heterocycles. The highest BCUT2D eigenvalue weighted by Crippen LogP contribution is 2.33. The lowest BCUT2D eigenvalue weighted by Crippen LogP contribution is -2.33. The van der Waals surface area contributed by atoms with Crippen molar-refractivity contribution in [3.8, 4) is 0 Å². The van der Waals surface area contributed by atoms with Gasteiger partial charge in [-0.3, -0.25) is 9.69 Å². The van der Waals surface area contributed by atoms with Crippen LogP contribution in [0.25, 0.3) is 0 Å². The van der Waals surface area contributed by atoms with Gasteiger partial charge in [0.15, 0.2) is 0 Å². The molecule has 0 saturated heterocycles. The summed E-state index contributed by atoms with van der Waals surface area (Å²) < 4.78 is 0. The molecule has 0 radical (unpaired) electrons. The summed E-state index contributed by atoms with van der Waals surface area (Å²) in [5, 5.41) is 3.81. The normalized spacial score (nSPS) is 10.8. The molecule has 0 aliphatic heterocycles. The van der Waals surface area contributed by atoms with Gasteiger partial charge in [0.05, 0.1) is 22.3 Å². The molecule has 0 unspecified atom stereocenters. The van der Waals surface area contributed by atoms with Crippen molar-refractivity contribution in [2.45, 2.75) is 13.8 Å². The highest BCUT2D eigenvalue weighted by molar-refractivity contribution is 6.42. The van der Waals surface area contributed by atoms with Crippen molar-refractivity contribution in [2.24, 2.45) is 0 Å². The van der Waals surface area contributed by atoms with E-state index in [1.807, 2.05) is 18.7 Å². The molecule has 0 aliphatic carbocycles. The number of rotatable bonds is 5. The number of anilines is 1. The van der Waals surface area contributed by atoms with Crippen LogP contribution in [0.5, 0.6) is 0 Å². The van der Waals surface area contributed by atoms with Crippen LogP contribution in [0.2, 0.25) is 15.1 Å². The monoisotopic (exact) mass is 308 g/mol. The molecule has 100 valence electrons. The van der Waals surface area contributed by atoms with Crippen LogP contribution in [0.15, 0.2) is 12.1 Å². The van der Waals surface area contributed by atoms with Gasteiger partial charge >= 0.3 is 0 Å². The van der Waals surface area contributed by atoms with Crippen LogP contribution in [0.4, 0.5) is 5.69 Å². The third-order valence-corrected chi connectivity index (χ3v) is 3.35. The summed E-state index contributed by atoms with van der Waals surface area (Å²) in [7, 11) is 0. The fraction of sp³-hybridized carbons (Fsp3) is 0.417. The molecule has 0 aliphatic rings. The molecule has 0 bridgehead atoms. The van der Waals surface area contributed by atoms with Crippen molar-refractivity contribution >= 4 is 46.4 Å². The van der Waals surface area contributed by atoms with Crippen LogP contribution < -0.4 is 5.32 Å². The van der Waals surface area contributed by atoms with Crippen molar-refractivity contribution in [2.75, 3.05) is 25.0 Å². The molecule has 0 heterocycles. The summed E-state index contributed by atoms with van der Waals surface area (Å²) in [6.07, 6.45) is 0. The molecule has 0 fully saturated rings. The summed E-state index contributed by atoms with van der Waals surface area (Å²) in [5.74, 6) is -0.148. The highest BCUT2D eigenvalue weighted by Gasteiger charge is 2.13. The number of hydrogen-bond donors (Lipinski definition) is 1. The number of hydrogen-bond acceptors (Lipinski definition) is 2. The third-order valence-electron chi connectivity index (χ3n) is 2.53. The fourth-order valence-corrected chi connectivity index (χ4v) is 2.40. The molecular formula is C12H15Cl3N2O. The van der Waals surface area contributed by atoms with E-state index in [9.17, 15) is 4.79 Å². The van der Waals surface area contributed by atoms with Gasteiger partial charge in [0.25, 0.3) is 0 Å². The number of nitrogens with one attached hydrogen (secondary N) is 1. The van der Waals surface area contributed by atoms with Crippen LogP contribution in [0, 0.1) is 0 Å². The predicted octanol–water partition coefficient (Wildman–Crippen LogP) is 3.93. The lowest BCUT2D eigenvalue weighted by atomic mass is 10.3. The van der Waals surface area contributed by atoms with E-state index in [2.05, 4.69) is 5.32 Å². The lowest BCUT2D eigenvalue weighted by Gasteiger charge is -2.18. The first-order chi connectivity index (χ1) is 8.47. The first kappa shape index (κ1) is 15.6. The minimum Gasteiger partial charge on any atom is -0.322 e. The van der Waals surface area contributed by atoms with E-state index in [1.165, 1.54) is 0 Å². The van der Waals surface area contributed by atoms with Crippen LogP contribution in [0.1, 0.15) is 13.8 Å².